The Hall–Kier alpha value is -1.35. The minimum atomic E-state index is -0.107. The van der Waals surface area contributed by atoms with Gasteiger partial charge in [0.05, 0.1) is 18.9 Å². The number of halogens is 1. The molecule has 0 N–H and O–H groups in total. The van der Waals surface area contributed by atoms with E-state index in [4.69, 9.17) is 4.74 Å². The highest BCUT2D eigenvalue weighted by Crippen LogP contribution is 2.28. The Morgan fingerprint density at radius 3 is 2.81 bits per heavy atom. The van der Waals surface area contributed by atoms with Gasteiger partial charge in [-0.3, -0.25) is 0 Å². The number of benzene rings is 1. The maximum atomic E-state index is 13.9. The summed E-state index contributed by atoms with van der Waals surface area (Å²) < 4.78 is 19.2. The number of nitrogens with zero attached hydrogens (tertiary/aromatic N) is 1. The first-order valence-electron chi connectivity index (χ1n) is 5.66. The second kappa shape index (κ2) is 3.91. The van der Waals surface area contributed by atoms with Crippen molar-refractivity contribution in [1.29, 1.82) is 0 Å². The van der Waals surface area contributed by atoms with Gasteiger partial charge in [0.2, 0.25) is 0 Å². The van der Waals surface area contributed by atoms with Crippen LogP contribution in [0.25, 0.3) is 6.08 Å². The smallest absolute Gasteiger partial charge is 0.146 e. The molecule has 16 heavy (non-hydrogen) atoms. The highest BCUT2D eigenvalue weighted by atomic mass is 19.1. The highest BCUT2D eigenvalue weighted by Gasteiger charge is 2.17. The fraction of sp³-hybridized carbons (Fsp3) is 0.385. The van der Waals surface area contributed by atoms with Gasteiger partial charge < -0.3 is 9.64 Å². The first kappa shape index (κ1) is 9.85. The Bertz CT molecular complexity index is 436. The second-order valence-electron chi connectivity index (χ2n) is 4.21. The molecule has 3 heteroatoms. The van der Waals surface area contributed by atoms with Gasteiger partial charge in [-0.05, 0) is 29.7 Å². The molecular formula is C13H14FNO. The third-order valence-corrected chi connectivity index (χ3v) is 3.20. The number of hydrogen-bond acceptors (Lipinski definition) is 2. The number of hydrogen-bond donors (Lipinski definition) is 0. The van der Waals surface area contributed by atoms with Crippen molar-refractivity contribution in [3.63, 3.8) is 0 Å². The summed E-state index contributed by atoms with van der Waals surface area (Å²) in [4.78, 5) is 2.06. The average molecular weight is 219 g/mol. The molecule has 2 nitrogen and oxygen atoms in total. The van der Waals surface area contributed by atoms with Crippen LogP contribution in [0.1, 0.15) is 11.1 Å². The fourth-order valence-corrected chi connectivity index (χ4v) is 2.31. The highest BCUT2D eigenvalue weighted by molar-refractivity contribution is 5.66. The molecule has 84 valence electrons. The summed E-state index contributed by atoms with van der Waals surface area (Å²) in [6, 6.07) is 3.62. The third-order valence-electron chi connectivity index (χ3n) is 3.20. The van der Waals surface area contributed by atoms with Gasteiger partial charge in [0, 0.05) is 13.1 Å². The molecule has 1 aliphatic carbocycles. The van der Waals surface area contributed by atoms with Gasteiger partial charge in [-0.1, -0.05) is 12.2 Å². The molecule has 0 amide bonds. The maximum Gasteiger partial charge on any atom is 0.146 e. The first-order valence-corrected chi connectivity index (χ1v) is 5.66. The van der Waals surface area contributed by atoms with Gasteiger partial charge in [0.25, 0.3) is 0 Å². The lowest BCUT2D eigenvalue weighted by molar-refractivity contribution is 0.122. The van der Waals surface area contributed by atoms with Crippen LogP contribution in [0.5, 0.6) is 0 Å². The number of rotatable bonds is 1. The lowest BCUT2D eigenvalue weighted by Crippen LogP contribution is -2.36. The second-order valence-corrected chi connectivity index (χ2v) is 4.21. The zero-order valence-corrected chi connectivity index (χ0v) is 9.08. The summed E-state index contributed by atoms with van der Waals surface area (Å²) in [5, 5.41) is 0. The minimum absolute atomic E-state index is 0.107. The van der Waals surface area contributed by atoms with E-state index in [0.29, 0.717) is 18.9 Å². The number of anilines is 1. The largest absolute Gasteiger partial charge is 0.378 e. The molecule has 1 heterocycles. The molecule has 1 saturated heterocycles. The Morgan fingerprint density at radius 1 is 1.19 bits per heavy atom. The molecule has 0 aromatic heterocycles. The van der Waals surface area contributed by atoms with Crippen LogP contribution in [0.4, 0.5) is 10.1 Å². The van der Waals surface area contributed by atoms with E-state index in [1.165, 1.54) is 0 Å². The fourth-order valence-electron chi connectivity index (χ4n) is 2.31. The number of fused-ring (bicyclic) bond motifs is 1. The predicted molar refractivity (Wildman–Crippen MR) is 62.2 cm³/mol. The molecular weight excluding hydrogens is 205 g/mol. The molecule has 0 atom stereocenters. The van der Waals surface area contributed by atoms with Gasteiger partial charge in [0.1, 0.15) is 5.82 Å². The number of ether oxygens (including phenoxy) is 1. The molecule has 1 aromatic rings. The average Bonchev–Trinajstić information content (AvgIpc) is 2.76. The Balaban J connectivity index is 1.96. The van der Waals surface area contributed by atoms with Crippen molar-refractivity contribution < 1.29 is 9.13 Å². The van der Waals surface area contributed by atoms with Crippen molar-refractivity contribution in [2.75, 3.05) is 31.2 Å². The topological polar surface area (TPSA) is 12.5 Å². The van der Waals surface area contributed by atoms with E-state index in [1.807, 2.05) is 6.07 Å². The molecule has 0 spiro atoms. The summed E-state index contributed by atoms with van der Waals surface area (Å²) in [6.07, 6.45) is 5.00. The van der Waals surface area contributed by atoms with Gasteiger partial charge in [-0.2, -0.15) is 0 Å². The van der Waals surface area contributed by atoms with Gasteiger partial charge in [0.15, 0.2) is 0 Å². The van der Waals surface area contributed by atoms with Crippen LogP contribution in [-0.2, 0) is 11.2 Å². The first-order chi connectivity index (χ1) is 7.84. The van der Waals surface area contributed by atoms with E-state index in [2.05, 4.69) is 17.1 Å². The number of allylic oxidation sites excluding steroid dienone is 1. The third kappa shape index (κ3) is 1.61. The van der Waals surface area contributed by atoms with E-state index in [-0.39, 0.29) is 5.82 Å². The monoisotopic (exact) mass is 219 g/mol. The molecule has 0 radical (unpaired) electrons. The molecule has 3 rings (SSSR count). The molecule has 2 aliphatic rings. The summed E-state index contributed by atoms with van der Waals surface area (Å²) in [7, 11) is 0. The van der Waals surface area contributed by atoms with E-state index in [1.54, 1.807) is 6.07 Å². The van der Waals surface area contributed by atoms with Gasteiger partial charge >= 0.3 is 0 Å². The lowest BCUT2D eigenvalue weighted by atomic mass is 10.1. The zero-order chi connectivity index (χ0) is 11.0. The standard InChI is InChI=1S/C13H14FNO/c14-12-8-10-2-1-3-11(10)9-13(12)15-4-6-16-7-5-15/h1,3,8-9H,2,4-7H2. The van der Waals surface area contributed by atoms with Crippen LogP contribution >= 0.6 is 0 Å². The van der Waals surface area contributed by atoms with Crippen molar-refractivity contribution in [2.24, 2.45) is 0 Å². The van der Waals surface area contributed by atoms with E-state index in [0.717, 1.165) is 30.6 Å². The van der Waals surface area contributed by atoms with Gasteiger partial charge in [-0.25, -0.2) is 4.39 Å². The van der Waals surface area contributed by atoms with Crippen LogP contribution in [0.3, 0.4) is 0 Å². The molecule has 0 saturated carbocycles. The summed E-state index contributed by atoms with van der Waals surface area (Å²) in [6.45, 7) is 2.93. The van der Waals surface area contributed by atoms with Crippen LogP contribution in [0, 0.1) is 5.82 Å². The Kier molecular flexibility index (Phi) is 2.40. The van der Waals surface area contributed by atoms with E-state index < -0.39 is 0 Å². The maximum absolute atomic E-state index is 13.9. The molecule has 1 fully saturated rings. The molecule has 1 aromatic carbocycles. The van der Waals surface area contributed by atoms with Gasteiger partial charge in [-0.15, -0.1) is 0 Å². The summed E-state index contributed by atoms with van der Waals surface area (Å²) in [5.41, 5.74) is 2.96. The predicted octanol–water partition coefficient (Wildman–Crippen LogP) is 2.23. The van der Waals surface area contributed by atoms with Crippen molar-refractivity contribution in [3.8, 4) is 0 Å². The number of morpholine rings is 1. The van der Waals surface area contributed by atoms with Crippen LogP contribution in [0.15, 0.2) is 18.2 Å². The van der Waals surface area contributed by atoms with Crippen molar-refractivity contribution in [1.82, 2.24) is 0 Å². The summed E-state index contributed by atoms with van der Waals surface area (Å²) in [5.74, 6) is -0.107. The lowest BCUT2D eigenvalue weighted by Gasteiger charge is -2.29. The van der Waals surface area contributed by atoms with Crippen molar-refractivity contribution >= 4 is 11.8 Å². The normalized spacial score (nSPS) is 18.9. The van der Waals surface area contributed by atoms with Crippen molar-refractivity contribution in [2.45, 2.75) is 6.42 Å². The van der Waals surface area contributed by atoms with E-state index >= 15 is 0 Å². The molecule has 0 unspecified atom stereocenters. The Labute approximate surface area is 94.3 Å². The van der Waals surface area contributed by atoms with E-state index in [9.17, 15) is 4.39 Å². The quantitative estimate of drug-likeness (QED) is 0.718. The Morgan fingerprint density at radius 2 is 2.00 bits per heavy atom. The molecule has 0 bridgehead atoms. The van der Waals surface area contributed by atoms with Crippen LogP contribution in [-0.4, -0.2) is 26.3 Å². The summed E-state index contributed by atoms with van der Waals surface area (Å²) >= 11 is 0. The SMILES string of the molecule is Fc1cc2c(cc1N1CCOCC1)C=CC2. The van der Waals surface area contributed by atoms with Crippen LogP contribution in [0.2, 0.25) is 0 Å². The van der Waals surface area contributed by atoms with Crippen molar-refractivity contribution in [3.05, 3.63) is 35.2 Å². The minimum Gasteiger partial charge on any atom is -0.378 e. The van der Waals surface area contributed by atoms with Crippen LogP contribution < -0.4 is 4.90 Å². The molecule has 1 aliphatic heterocycles. The zero-order valence-electron chi connectivity index (χ0n) is 9.08.